The Balaban J connectivity index is 2.35. The highest BCUT2D eigenvalue weighted by Crippen LogP contribution is 2.31. The van der Waals surface area contributed by atoms with E-state index in [0.717, 1.165) is 27.8 Å². The van der Waals surface area contributed by atoms with Crippen molar-refractivity contribution in [2.45, 2.75) is 32.4 Å². The van der Waals surface area contributed by atoms with E-state index < -0.39 is 0 Å². The lowest BCUT2D eigenvalue weighted by Crippen LogP contribution is -2.31. The Morgan fingerprint density at radius 3 is 2.40 bits per heavy atom. The summed E-state index contributed by atoms with van der Waals surface area (Å²) in [5.74, 6) is 0.886. The predicted molar refractivity (Wildman–Crippen MR) is 87.0 cm³/mol. The molecule has 0 saturated heterocycles. The zero-order chi connectivity index (χ0) is 14.5. The summed E-state index contributed by atoms with van der Waals surface area (Å²) in [6.45, 7) is 4.12. The van der Waals surface area contributed by atoms with Crippen LogP contribution in [0.2, 0.25) is 0 Å². The quantitative estimate of drug-likeness (QED) is 0.866. The highest BCUT2D eigenvalue weighted by atomic mass is 79.9. The van der Waals surface area contributed by atoms with Crippen LogP contribution in [0, 0.1) is 6.92 Å². The normalized spacial score (nSPS) is 13.8. The molecular weight excluding hydrogens is 314 g/mol. The Morgan fingerprint density at radius 1 is 1.10 bits per heavy atom. The van der Waals surface area contributed by atoms with E-state index in [1.165, 1.54) is 0 Å². The maximum Gasteiger partial charge on any atom is 0.140 e. The first-order valence-electron chi connectivity index (χ1n) is 6.85. The van der Waals surface area contributed by atoms with Crippen LogP contribution >= 0.6 is 15.9 Å². The topological polar surface area (TPSA) is 35.2 Å². The zero-order valence-corrected chi connectivity index (χ0v) is 13.4. The molecule has 0 aliphatic rings. The maximum atomic E-state index is 6.27. The standard InChI is InChI=1S/C17H20BrNO/c1-3-15(19)17(13-9-5-6-10-14(13)18)20-16-11-7-4-8-12(16)2/h4-11,15,17H,3,19H2,1-2H3. The molecule has 106 valence electrons. The van der Waals surface area contributed by atoms with Gasteiger partial charge >= 0.3 is 0 Å². The van der Waals surface area contributed by atoms with Gasteiger partial charge in [-0.05, 0) is 31.0 Å². The number of hydrogen-bond donors (Lipinski definition) is 1. The number of halogens is 1. The molecule has 3 heteroatoms. The van der Waals surface area contributed by atoms with Gasteiger partial charge in [-0.3, -0.25) is 0 Å². The van der Waals surface area contributed by atoms with Gasteiger partial charge in [0.15, 0.2) is 0 Å². The molecule has 2 nitrogen and oxygen atoms in total. The van der Waals surface area contributed by atoms with Crippen molar-refractivity contribution in [2.24, 2.45) is 5.73 Å². The highest BCUT2D eigenvalue weighted by molar-refractivity contribution is 9.10. The molecule has 2 rings (SSSR count). The van der Waals surface area contributed by atoms with Gasteiger partial charge in [-0.25, -0.2) is 0 Å². The molecule has 0 fully saturated rings. The molecule has 0 bridgehead atoms. The van der Waals surface area contributed by atoms with Gasteiger partial charge in [0.2, 0.25) is 0 Å². The van der Waals surface area contributed by atoms with Crippen molar-refractivity contribution in [1.82, 2.24) is 0 Å². The number of hydrogen-bond acceptors (Lipinski definition) is 2. The van der Waals surface area contributed by atoms with Gasteiger partial charge in [-0.1, -0.05) is 59.3 Å². The third-order valence-electron chi connectivity index (χ3n) is 3.42. The lowest BCUT2D eigenvalue weighted by molar-refractivity contribution is 0.169. The van der Waals surface area contributed by atoms with Crippen molar-refractivity contribution in [3.8, 4) is 5.75 Å². The van der Waals surface area contributed by atoms with E-state index in [-0.39, 0.29) is 12.1 Å². The lowest BCUT2D eigenvalue weighted by atomic mass is 10.0. The van der Waals surface area contributed by atoms with E-state index in [2.05, 4.69) is 28.9 Å². The van der Waals surface area contributed by atoms with Gasteiger partial charge in [0.05, 0.1) is 0 Å². The van der Waals surface area contributed by atoms with Crippen molar-refractivity contribution >= 4 is 15.9 Å². The molecule has 0 aliphatic heterocycles. The van der Waals surface area contributed by atoms with Crippen LogP contribution in [-0.2, 0) is 0 Å². The second kappa shape index (κ2) is 6.91. The molecular formula is C17H20BrNO. The maximum absolute atomic E-state index is 6.27. The molecule has 2 unspecified atom stereocenters. The monoisotopic (exact) mass is 333 g/mol. The number of aryl methyl sites for hydroxylation is 1. The first kappa shape index (κ1) is 15.1. The summed E-state index contributed by atoms with van der Waals surface area (Å²) in [6.07, 6.45) is 0.703. The third kappa shape index (κ3) is 3.41. The minimum Gasteiger partial charge on any atom is -0.484 e. The lowest BCUT2D eigenvalue weighted by Gasteiger charge is -2.26. The molecule has 0 heterocycles. The summed E-state index contributed by atoms with van der Waals surface area (Å²) in [4.78, 5) is 0. The molecule has 2 aromatic carbocycles. The molecule has 2 N–H and O–H groups in total. The number of nitrogens with two attached hydrogens (primary N) is 1. The fourth-order valence-corrected chi connectivity index (χ4v) is 2.64. The molecule has 2 aromatic rings. The highest BCUT2D eigenvalue weighted by Gasteiger charge is 2.23. The Morgan fingerprint density at radius 2 is 1.75 bits per heavy atom. The molecule has 0 saturated carbocycles. The van der Waals surface area contributed by atoms with E-state index in [1.54, 1.807) is 0 Å². The smallest absolute Gasteiger partial charge is 0.140 e. The Labute approximate surface area is 129 Å². The fourth-order valence-electron chi connectivity index (χ4n) is 2.13. The van der Waals surface area contributed by atoms with Gasteiger partial charge in [0.25, 0.3) is 0 Å². The van der Waals surface area contributed by atoms with Crippen LogP contribution in [-0.4, -0.2) is 6.04 Å². The van der Waals surface area contributed by atoms with Crippen molar-refractivity contribution in [1.29, 1.82) is 0 Å². The van der Waals surface area contributed by atoms with E-state index in [9.17, 15) is 0 Å². The second-order valence-electron chi connectivity index (χ2n) is 4.90. The summed E-state index contributed by atoms with van der Waals surface area (Å²) in [7, 11) is 0. The summed E-state index contributed by atoms with van der Waals surface area (Å²) < 4.78 is 7.24. The van der Waals surface area contributed by atoms with Gasteiger partial charge in [-0.2, -0.15) is 0 Å². The van der Waals surface area contributed by atoms with E-state index in [0.29, 0.717) is 0 Å². The van der Waals surface area contributed by atoms with Crippen LogP contribution in [0.1, 0.15) is 30.6 Å². The number of rotatable bonds is 5. The summed E-state index contributed by atoms with van der Waals surface area (Å²) >= 11 is 3.59. The summed E-state index contributed by atoms with van der Waals surface area (Å²) in [6, 6.07) is 16.1. The number of benzene rings is 2. The van der Waals surface area contributed by atoms with Crippen LogP contribution in [0.3, 0.4) is 0 Å². The first-order valence-corrected chi connectivity index (χ1v) is 7.65. The minimum absolute atomic E-state index is 0.0479. The van der Waals surface area contributed by atoms with Crippen LogP contribution < -0.4 is 10.5 Å². The van der Waals surface area contributed by atoms with Crippen LogP contribution in [0.4, 0.5) is 0 Å². The van der Waals surface area contributed by atoms with Crippen molar-refractivity contribution in [3.63, 3.8) is 0 Å². The van der Waals surface area contributed by atoms with Crippen molar-refractivity contribution in [2.75, 3.05) is 0 Å². The second-order valence-corrected chi connectivity index (χ2v) is 5.75. The Kier molecular flexibility index (Phi) is 5.21. The van der Waals surface area contributed by atoms with Crippen molar-refractivity contribution in [3.05, 3.63) is 64.1 Å². The van der Waals surface area contributed by atoms with Gasteiger partial charge in [0.1, 0.15) is 11.9 Å². The van der Waals surface area contributed by atoms with Gasteiger partial charge in [-0.15, -0.1) is 0 Å². The average molecular weight is 334 g/mol. The van der Waals surface area contributed by atoms with E-state index in [4.69, 9.17) is 10.5 Å². The van der Waals surface area contributed by atoms with Crippen molar-refractivity contribution < 1.29 is 4.74 Å². The Bertz CT molecular complexity index is 570. The summed E-state index contributed by atoms with van der Waals surface area (Å²) in [5, 5.41) is 0. The molecule has 0 aliphatic carbocycles. The Hall–Kier alpha value is -1.32. The van der Waals surface area contributed by atoms with Crippen LogP contribution in [0.5, 0.6) is 5.75 Å². The van der Waals surface area contributed by atoms with Crippen LogP contribution in [0.15, 0.2) is 53.0 Å². The fraction of sp³-hybridized carbons (Fsp3) is 0.294. The molecule has 0 radical (unpaired) electrons. The number of ether oxygens (including phenoxy) is 1. The largest absolute Gasteiger partial charge is 0.484 e. The van der Waals surface area contributed by atoms with Crippen LogP contribution in [0.25, 0.3) is 0 Å². The molecule has 0 spiro atoms. The molecule has 0 aromatic heterocycles. The number of para-hydroxylation sites is 1. The van der Waals surface area contributed by atoms with E-state index in [1.807, 2.05) is 49.4 Å². The van der Waals surface area contributed by atoms with Gasteiger partial charge < -0.3 is 10.5 Å². The molecule has 2 atom stereocenters. The van der Waals surface area contributed by atoms with Gasteiger partial charge in [0, 0.05) is 16.1 Å². The predicted octanol–water partition coefficient (Wildman–Crippen LogP) is 4.61. The minimum atomic E-state index is -0.156. The first-order chi connectivity index (χ1) is 9.63. The van der Waals surface area contributed by atoms with E-state index >= 15 is 0 Å². The SMILES string of the molecule is CCC(N)C(Oc1ccccc1C)c1ccccc1Br. The average Bonchev–Trinajstić information content (AvgIpc) is 2.47. The zero-order valence-electron chi connectivity index (χ0n) is 11.8. The molecule has 0 amide bonds. The molecule has 20 heavy (non-hydrogen) atoms. The third-order valence-corrected chi connectivity index (χ3v) is 4.14. The summed E-state index contributed by atoms with van der Waals surface area (Å²) in [5.41, 5.74) is 8.48.